The maximum atomic E-state index is 11.1. The molecular weight excluding hydrogens is 264 g/mol. The molecule has 0 aliphatic rings. The van der Waals surface area contributed by atoms with E-state index in [2.05, 4.69) is 10.3 Å². The Balaban J connectivity index is 2.38. The van der Waals surface area contributed by atoms with Gasteiger partial charge in [-0.1, -0.05) is 24.3 Å². The minimum atomic E-state index is -0.995. The van der Waals surface area contributed by atoms with Crippen molar-refractivity contribution in [1.82, 2.24) is 4.98 Å². The highest BCUT2D eigenvalue weighted by Crippen LogP contribution is 2.24. The number of rotatable bonds is 5. The van der Waals surface area contributed by atoms with E-state index in [4.69, 9.17) is 5.11 Å². The molecule has 0 aliphatic carbocycles. The van der Waals surface area contributed by atoms with Gasteiger partial charge in [0.2, 0.25) is 0 Å². The van der Waals surface area contributed by atoms with Crippen molar-refractivity contribution in [3.05, 3.63) is 36.0 Å². The number of nitrogens with one attached hydrogen (secondary N) is 1. The average molecular weight is 278 g/mol. The van der Waals surface area contributed by atoms with Gasteiger partial charge < -0.3 is 10.4 Å². The van der Waals surface area contributed by atoms with E-state index < -0.39 is 16.8 Å². The Bertz CT molecular complexity index is 643. The lowest BCUT2D eigenvalue weighted by atomic mass is 10.1. The molecule has 0 fully saturated rings. The normalized spacial score (nSPS) is 12.3. The summed E-state index contributed by atoms with van der Waals surface area (Å²) in [6, 6.07) is 7.20. The molecule has 0 amide bonds. The molecule has 0 saturated carbocycles. The lowest BCUT2D eigenvalue weighted by Gasteiger charge is -2.09. The fourth-order valence-electron chi connectivity index (χ4n) is 1.82. The fourth-order valence-corrected chi connectivity index (χ4v) is 2.21. The number of anilines is 1. The second kappa shape index (κ2) is 5.79. The molecular formula is C13H14N2O3S. The summed E-state index contributed by atoms with van der Waals surface area (Å²) in [6.45, 7) is 0.534. The maximum absolute atomic E-state index is 11.1. The number of pyridine rings is 1. The van der Waals surface area contributed by atoms with E-state index in [1.54, 1.807) is 18.4 Å². The fraction of sp³-hybridized carbons (Fsp3) is 0.231. The van der Waals surface area contributed by atoms with E-state index in [0.717, 1.165) is 5.39 Å². The van der Waals surface area contributed by atoms with E-state index in [-0.39, 0.29) is 5.56 Å². The van der Waals surface area contributed by atoms with Gasteiger partial charge >= 0.3 is 5.97 Å². The number of aromatic carboxylic acids is 1. The van der Waals surface area contributed by atoms with Gasteiger partial charge in [-0.15, -0.1) is 0 Å². The van der Waals surface area contributed by atoms with E-state index in [9.17, 15) is 9.00 Å². The predicted molar refractivity (Wildman–Crippen MR) is 76.1 cm³/mol. The van der Waals surface area contributed by atoms with Crippen LogP contribution in [0, 0.1) is 0 Å². The molecule has 1 unspecified atom stereocenters. The molecule has 0 bridgehead atoms. The van der Waals surface area contributed by atoms with Crippen LogP contribution in [-0.2, 0) is 10.8 Å². The number of carboxylic acid groups (broad SMARTS) is 1. The number of carboxylic acids is 1. The van der Waals surface area contributed by atoms with Crippen LogP contribution in [0.15, 0.2) is 30.5 Å². The first-order chi connectivity index (χ1) is 9.09. The van der Waals surface area contributed by atoms with Gasteiger partial charge in [-0.25, -0.2) is 9.78 Å². The third-order valence-corrected chi connectivity index (χ3v) is 3.49. The second-order valence-electron chi connectivity index (χ2n) is 4.08. The van der Waals surface area contributed by atoms with Crippen molar-refractivity contribution in [1.29, 1.82) is 0 Å². The van der Waals surface area contributed by atoms with Crippen LogP contribution >= 0.6 is 0 Å². The Morgan fingerprint density at radius 2 is 2.05 bits per heavy atom. The van der Waals surface area contributed by atoms with Crippen LogP contribution in [-0.4, -0.2) is 38.8 Å². The topological polar surface area (TPSA) is 79.3 Å². The van der Waals surface area contributed by atoms with Gasteiger partial charge in [-0.3, -0.25) is 4.21 Å². The molecule has 0 aliphatic heterocycles. The van der Waals surface area contributed by atoms with E-state index in [1.807, 2.05) is 12.1 Å². The van der Waals surface area contributed by atoms with E-state index in [0.29, 0.717) is 23.5 Å². The smallest absolute Gasteiger partial charge is 0.337 e. The van der Waals surface area contributed by atoms with E-state index in [1.165, 1.54) is 6.20 Å². The van der Waals surface area contributed by atoms with Crippen molar-refractivity contribution in [3.8, 4) is 0 Å². The van der Waals surface area contributed by atoms with Gasteiger partial charge in [0, 0.05) is 46.3 Å². The zero-order chi connectivity index (χ0) is 13.8. The Morgan fingerprint density at radius 3 is 2.68 bits per heavy atom. The summed E-state index contributed by atoms with van der Waals surface area (Å²) in [5, 5.41) is 13.6. The van der Waals surface area contributed by atoms with Crippen molar-refractivity contribution < 1.29 is 14.1 Å². The van der Waals surface area contributed by atoms with Crippen LogP contribution in [0.1, 0.15) is 10.4 Å². The summed E-state index contributed by atoms with van der Waals surface area (Å²) >= 11 is 0. The highest BCUT2D eigenvalue weighted by atomic mass is 32.2. The van der Waals surface area contributed by atoms with Crippen molar-refractivity contribution in [2.75, 3.05) is 23.9 Å². The first kappa shape index (κ1) is 13.5. The van der Waals surface area contributed by atoms with Crippen LogP contribution in [0.4, 0.5) is 5.82 Å². The molecule has 5 nitrogen and oxygen atoms in total. The van der Waals surface area contributed by atoms with Crippen molar-refractivity contribution in [2.24, 2.45) is 0 Å². The molecule has 2 N–H and O–H groups in total. The number of benzene rings is 1. The monoisotopic (exact) mass is 278 g/mol. The summed E-state index contributed by atoms with van der Waals surface area (Å²) in [5.74, 6) is 0.146. The third-order valence-electron chi connectivity index (χ3n) is 2.71. The number of hydrogen-bond donors (Lipinski definition) is 2. The quantitative estimate of drug-likeness (QED) is 0.870. The van der Waals surface area contributed by atoms with Crippen LogP contribution in [0.5, 0.6) is 0 Å². The van der Waals surface area contributed by atoms with Crippen molar-refractivity contribution in [3.63, 3.8) is 0 Å². The molecule has 2 aromatic rings. The highest BCUT2D eigenvalue weighted by molar-refractivity contribution is 7.84. The van der Waals surface area contributed by atoms with Gasteiger partial charge in [-0.05, 0) is 0 Å². The van der Waals surface area contributed by atoms with Gasteiger partial charge in [0.15, 0.2) is 0 Å². The summed E-state index contributed by atoms with van der Waals surface area (Å²) in [4.78, 5) is 15.3. The average Bonchev–Trinajstić information content (AvgIpc) is 2.38. The molecule has 1 atom stereocenters. The second-order valence-corrected chi connectivity index (χ2v) is 5.63. The summed E-state index contributed by atoms with van der Waals surface area (Å²) in [5.41, 5.74) is 0.181. The standard InChI is InChI=1S/C13H14N2O3S/c1-19(18)7-6-14-12-10-5-3-2-4-9(10)11(8-15-12)13(16)17/h2-5,8H,6-7H2,1H3,(H,14,15)(H,16,17). The zero-order valence-electron chi connectivity index (χ0n) is 10.4. The highest BCUT2D eigenvalue weighted by Gasteiger charge is 2.11. The number of aromatic nitrogens is 1. The van der Waals surface area contributed by atoms with Gasteiger partial charge in [0.25, 0.3) is 0 Å². The first-order valence-corrected chi connectivity index (χ1v) is 7.47. The largest absolute Gasteiger partial charge is 0.478 e. The summed E-state index contributed by atoms with van der Waals surface area (Å²) in [7, 11) is -0.869. The van der Waals surface area contributed by atoms with Crippen molar-refractivity contribution in [2.45, 2.75) is 0 Å². The van der Waals surface area contributed by atoms with Gasteiger partial charge in [-0.2, -0.15) is 0 Å². The molecule has 19 heavy (non-hydrogen) atoms. The van der Waals surface area contributed by atoms with E-state index >= 15 is 0 Å². The SMILES string of the molecule is CS(=O)CCNc1ncc(C(=O)O)c2ccccc12. The van der Waals surface area contributed by atoms with Gasteiger partial charge in [0.1, 0.15) is 5.82 Å². The molecule has 1 aromatic carbocycles. The summed E-state index contributed by atoms with van der Waals surface area (Å²) < 4.78 is 11.0. The van der Waals surface area contributed by atoms with Crippen LogP contribution < -0.4 is 5.32 Å². The van der Waals surface area contributed by atoms with Crippen LogP contribution in [0.2, 0.25) is 0 Å². The Morgan fingerprint density at radius 1 is 1.37 bits per heavy atom. The summed E-state index contributed by atoms with van der Waals surface area (Å²) in [6.07, 6.45) is 2.98. The lowest BCUT2D eigenvalue weighted by Crippen LogP contribution is -2.11. The maximum Gasteiger partial charge on any atom is 0.337 e. The predicted octanol–water partition coefficient (Wildman–Crippen LogP) is 1.72. The third kappa shape index (κ3) is 3.08. The lowest BCUT2D eigenvalue weighted by molar-refractivity contribution is 0.0698. The molecule has 0 spiro atoms. The zero-order valence-corrected chi connectivity index (χ0v) is 11.2. The van der Waals surface area contributed by atoms with Gasteiger partial charge in [0.05, 0.1) is 5.56 Å². The molecule has 1 heterocycles. The Hall–Kier alpha value is -1.95. The van der Waals surface area contributed by atoms with Crippen molar-refractivity contribution >= 4 is 33.4 Å². The van der Waals surface area contributed by atoms with Crippen LogP contribution in [0.25, 0.3) is 10.8 Å². The molecule has 2 rings (SSSR count). The molecule has 0 radical (unpaired) electrons. The Labute approximate surface area is 113 Å². The Kier molecular flexibility index (Phi) is 4.11. The number of hydrogen-bond acceptors (Lipinski definition) is 4. The number of fused-ring (bicyclic) bond motifs is 1. The number of carbonyl (C=O) groups is 1. The molecule has 1 aromatic heterocycles. The minimum absolute atomic E-state index is 0.181. The molecule has 0 saturated heterocycles. The first-order valence-electron chi connectivity index (χ1n) is 5.74. The van der Waals surface area contributed by atoms with Crippen LogP contribution in [0.3, 0.4) is 0 Å². The molecule has 100 valence electrons. The minimum Gasteiger partial charge on any atom is -0.478 e. The molecule has 6 heteroatoms. The number of nitrogens with zero attached hydrogens (tertiary/aromatic N) is 1.